The van der Waals surface area contributed by atoms with E-state index in [1.54, 1.807) is 29.5 Å². The molecule has 0 radical (unpaired) electrons. The molecule has 1 amide bonds. The summed E-state index contributed by atoms with van der Waals surface area (Å²) in [7, 11) is 1.53. The molecule has 0 spiro atoms. The number of methoxy groups -OCH3 is 1. The quantitative estimate of drug-likeness (QED) is 0.578. The van der Waals surface area contributed by atoms with E-state index in [9.17, 15) is 9.59 Å². The SMILES string of the molecule is COc1cccc2c(=O)c(C(=O)N[C@@H](C)c3nnc4ccccn34)c[nH]c12. The van der Waals surface area contributed by atoms with Crippen molar-refractivity contribution in [3.8, 4) is 5.75 Å². The number of H-pyrrole nitrogens is 1. The van der Waals surface area contributed by atoms with Gasteiger partial charge < -0.3 is 15.0 Å². The van der Waals surface area contributed by atoms with E-state index in [1.807, 2.05) is 24.4 Å². The van der Waals surface area contributed by atoms with Gasteiger partial charge in [0.1, 0.15) is 11.3 Å². The van der Waals surface area contributed by atoms with Crippen molar-refractivity contribution in [2.24, 2.45) is 0 Å². The number of nitrogens with zero attached hydrogens (tertiary/aromatic N) is 3. The Labute approximate surface area is 153 Å². The Hall–Kier alpha value is -3.68. The molecule has 0 fully saturated rings. The van der Waals surface area contributed by atoms with E-state index in [-0.39, 0.29) is 11.0 Å². The van der Waals surface area contributed by atoms with Crippen LogP contribution < -0.4 is 15.5 Å². The summed E-state index contributed by atoms with van der Waals surface area (Å²) in [5.74, 6) is 0.638. The van der Waals surface area contributed by atoms with Crippen LogP contribution in [0.1, 0.15) is 29.1 Å². The largest absolute Gasteiger partial charge is 0.495 e. The Balaban J connectivity index is 1.67. The van der Waals surface area contributed by atoms with E-state index in [1.165, 1.54) is 13.3 Å². The average Bonchev–Trinajstić information content (AvgIpc) is 3.12. The van der Waals surface area contributed by atoms with Gasteiger partial charge in [0.25, 0.3) is 5.91 Å². The Morgan fingerprint density at radius 2 is 2.07 bits per heavy atom. The Bertz CT molecular complexity index is 1210. The number of fused-ring (bicyclic) bond motifs is 2. The molecular weight excluding hydrogens is 346 g/mol. The van der Waals surface area contributed by atoms with E-state index >= 15 is 0 Å². The molecule has 0 aliphatic heterocycles. The third kappa shape index (κ3) is 2.80. The number of benzene rings is 1. The number of hydrogen-bond acceptors (Lipinski definition) is 5. The molecule has 0 aliphatic rings. The number of ether oxygens (including phenoxy) is 1. The van der Waals surface area contributed by atoms with Crippen molar-refractivity contribution in [2.45, 2.75) is 13.0 Å². The molecule has 2 N–H and O–H groups in total. The second-order valence-corrected chi connectivity index (χ2v) is 6.10. The first kappa shape index (κ1) is 16.8. The molecule has 3 aromatic heterocycles. The standard InChI is InChI=1S/C19H17N5O3/c1-11(18-23-22-15-8-3-4-9-24(15)18)21-19(26)13-10-20-16-12(17(13)25)6-5-7-14(16)27-2/h3-11H,1-2H3,(H,20,25)(H,21,26)/t11-/m0/s1. The molecule has 8 nitrogen and oxygen atoms in total. The molecule has 1 aromatic carbocycles. The van der Waals surface area contributed by atoms with Gasteiger partial charge in [0.15, 0.2) is 11.5 Å². The van der Waals surface area contributed by atoms with Crippen LogP contribution in [0.2, 0.25) is 0 Å². The zero-order chi connectivity index (χ0) is 19.0. The number of carbonyl (C=O) groups is 1. The molecule has 27 heavy (non-hydrogen) atoms. The number of rotatable bonds is 4. The fraction of sp³-hybridized carbons (Fsp3) is 0.158. The second-order valence-electron chi connectivity index (χ2n) is 6.10. The number of nitrogens with one attached hydrogen (secondary N) is 2. The van der Waals surface area contributed by atoms with E-state index in [2.05, 4.69) is 20.5 Å². The van der Waals surface area contributed by atoms with Crippen molar-refractivity contribution >= 4 is 22.5 Å². The summed E-state index contributed by atoms with van der Waals surface area (Å²) in [5, 5.41) is 11.4. The van der Waals surface area contributed by atoms with Gasteiger partial charge >= 0.3 is 0 Å². The number of aromatic nitrogens is 4. The van der Waals surface area contributed by atoms with Crippen molar-refractivity contribution < 1.29 is 9.53 Å². The molecule has 0 saturated heterocycles. The summed E-state index contributed by atoms with van der Waals surface area (Å²) in [6.07, 6.45) is 3.22. The predicted molar refractivity (Wildman–Crippen MR) is 100.0 cm³/mol. The number of carbonyl (C=O) groups excluding carboxylic acids is 1. The molecule has 8 heteroatoms. The summed E-state index contributed by atoms with van der Waals surface area (Å²) in [6, 6.07) is 10.2. The van der Waals surface area contributed by atoms with Gasteiger partial charge in [0.05, 0.1) is 24.1 Å². The summed E-state index contributed by atoms with van der Waals surface area (Å²) < 4.78 is 7.04. The van der Waals surface area contributed by atoms with Gasteiger partial charge in [-0.2, -0.15) is 0 Å². The first-order valence-electron chi connectivity index (χ1n) is 8.39. The van der Waals surface area contributed by atoms with Gasteiger partial charge in [-0.25, -0.2) is 0 Å². The highest BCUT2D eigenvalue weighted by molar-refractivity contribution is 5.98. The normalized spacial score (nSPS) is 12.2. The minimum Gasteiger partial charge on any atom is -0.495 e. The van der Waals surface area contributed by atoms with Gasteiger partial charge in [-0.05, 0) is 31.2 Å². The third-order valence-corrected chi connectivity index (χ3v) is 4.42. The maximum atomic E-state index is 12.7. The molecule has 0 unspecified atom stereocenters. The van der Waals surface area contributed by atoms with Crippen LogP contribution in [0.15, 0.2) is 53.6 Å². The maximum Gasteiger partial charge on any atom is 0.257 e. The van der Waals surface area contributed by atoms with Crippen molar-refractivity contribution in [3.63, 3.8) is 0 Å². The number of aromatic amines is 1. The van der Waals surface area contributed by atoms with Gasteiger partial charge in [-0.3, -0.25) is 14.0 Å². The first-order valence-corrected chi connectivity index (χ1v) is 8.39. The Kier molecular flexibility index (Phi) is 4.08. The average molecular weight is 363 g/mol. The number of hydrogen-bond donors (Lipinski definition) is 2. The highest BCUT2D eigenvalue weighted by Crippen LogP contribution is 2.21. The topological polar surface area (TPSA) is 101 Å². The predicted octanol–water partition coefficient (Wildman–Crippen LogP) is 2.07. The van der Waals surface area contributed by atoms with Gasteiger partial charge in [-0.1, -0.05) is 12.1 Å². The molecule has 1 atom stereocenters. The molecule has 0 bridgehead atoms. The second kappa shape index (κ2) is 6.56. The summed E-state index contributed by atoms with van der Waals surface area (Å²) >= 11 is 0. The van der Waals surface area contributed by atoms with Crippen LogP contribution in [-0.2, 0) is 0 Å². The highest BCUT2D eigenvalue weighted by atomic mass is 16.5. The monoisotopic (exact) mass is 363 g/mol. The molecule has 4 rings (SSSR count). The molecular formula is C19H17N5O3. The highest BCUT2D eigenvalue weighted by Gasteiger charge is 2.19. The summed E-state index contributed by atoms with van der Waals surface area (Å²) in [6.45, 7) is 1.79. The smallest absolute Gasteiger partial charge is 0.257 e. The van der Waals surface area contributed by atoms with Crippen LogP contribution in [0.5, 0.6) is 5.75 Å². The van der Waals surface area contributed by atoms with Crippen LogP contribution in [0.25, 0.3) is 16.6 Å². The minimum absolute atomic E-state index is 0.0245. The molecule has 4 aromatic rings. The summed E-state index contributed by atoms with van der Waals surface area (Å²) in [5.41, 5.74) is 0.900. The minimum atomic E-state index is -0.485. The number of pyridine rings is 2. The van der Waals surface area contributed by atoms with Crippen molar-refractivity contribution in [3.05, 3.63) is 70.4 Å². The molecule has 0 aliphatic carbocycles. The lowest BCUT2D eigenvalue weighted by Crippen LogP contribution is -2.32. The fourth-order valence-electron chi connectivity index (χ4n) is 3.06. The van der Waals surface area contributed by atoms with Crippen molar-refractivity contribution in [1.82, 2.24) is 24.9 Å². The first-order chi connectivity index (χ1) is 13.1. The summed E-state index contributed by atoms with van der Waals surface area (Å²) in [4.78, 5) is 28.4. The van der Waals surface area contributed by atoms with Crippen LogP contribution in [0.4, 0.5) is 0 Å². The number of amides is 1. The lowest BCUT2D eigenvalue weighted by atomic mass is 10.1. The molecule has 3 heterocycles. The molecule has 136 valence electrons. The van der Waals surface area contributed by atoms with E-state index in [0.29, 0.717) is 28.1 Å². The van der Waals surface area contributed by atoms with E-state index in [0.717, 1.165) is 0 Å². The van der Waals surface area contributed by atoms with Crippen LogP contribution in [-0.4, -0.2) is 32.6 Å². The van der Waals surface area contributed by atoms with Gasteiger partial charge in [0, 0.05) is 12.4 Å². The van der Waals surface area contributed by atoms with Gasteiger partial charge in [0.2, 0.25) is 5.43 Å². The van der Waals surface area contributed by atoms with Gasteiger partial charge in [-0.15, -0.1) is 10.2 Å². The lowest BCUT2D eigenvalue weighted by molar-refractivity contribution is 0.0937. The Morgan fingerprint density at radius 1 is 1.22 bits per heavy atom. The lowest BCUT2D eigenvalue weighted by Gasteiger charge is -2.13. The zero-order valence-electron chi connectivity index (χ0n) is 14.8. The maximum absolute atomic E-state index is 12.7. The van der Waals surface area contributed by atoms with Crippen LogP contribution >= 0.6 is 0 Å². The molecule has 0 saturated carbocycles. The van der Waals surface area contributed by atoms with E-state index in [4.69, 9.17) is 4.74 Å². The van der Waals surface area contributed by atoms with Crippen molar-refractivity contribution in [2.75, 3.05) is 7.11 Å². The van der Waals surface area contributed by atoms with E-state index < -0.39 is 11.9 Å². The number of para-hydroxylation sites is 1. The Morgan fingerprint density at radius 3 is 2.89 bits per heavy atom. The third-order valence-electron chi connectivity index (χ3n) is 4.42. The van der Waals surface area contributed by atoms with Crippen LogP contribution in [0, 0.1) is 0 Å². The van der Waals surface area contributed by atoms with Crippen LogP contribution in [0.3, 0.4) is 0 Å². The van der Waals surface area contributed by atoms with Crippen molar-refractivity contribution in [1.29, 1.82) is 0 Å². The fourth-order valence-corrected chi connectivity index (χ4v) is 3.06. The zero-order valence-corrected chi connectivity index (χ0v) is 14.8.